The summed E-state index contributed by atoms with van der Waals surface area (Å²) < 4.78 is 13.7. The minimum Gasteiger partial charge on any atom is -0.332 e. The molecule has 0 N–H and O–H groups in total. The summed E-state index contributed by atoms with van der Waals surface area (Å²) in [5, 5.41) is 0. The summed E-state index contributed by atoms with van der Waals surface area (Å²) in [6, 6.07) is 14.5. The van der Waals surface area contributed by atoms with E-state index in [1.807, 2.05) is 44.3 Å². The maximum absolute atomic E-state index is 13.7. The van der Waals surface area contributed by atoms with Crippen molar-refractivity contribution in [2.75, 3.05) is 7.05 Å². The van der Waals surface area contributed by atoms with Crippen LogP contribution in [0.25, 0.3) is 0 Å². The number of hydrogen-bond donors (Lipinski definition) is 0. The van der Waals surface area contributed by atoms with Crippen molar-refractivity contribution in [2.45, 2.75) is 25.3 Å². The van der Waals surface area contributed by atoms with Crippen molar-refractivity contribution in [3.05, 3.63) is 71.0 Å². The molecule has 0 radical (unpaired) electrons. The number of hydrogen-bond acceptors (Lipinski definition) is 1. The molecule has 0 fully saturated rings. The SMILES string of the molecule is CCC1(Cc2ccccc2)c2cc(F)ccc2C(=O)N1C. The molecule has 0 aromatic heterocycles. The normalized spacial score (nSPS) is 20.7. The zero-order valence-corrected chi connectivity index (χ0v) is 12.3. The van der Waals surface area contributed by atoms with Crippen LogP contribution in [0.3, 0.4) is 0 Å². The van der Waals surface area contributed by atoms with Gasteiger partial charge in [0, 0.05) is 12.6 Å². The van der Waals surface area contributed by atoms with Crippen LogP contribution in [0.4, 0.5) is 4.39 Å². The highest BCUT2D eigenvalue weighted by molar-refractivity contribution is 5.99. The lowest BCUT2D eigenvalue weighted by atomic mass is 9.81. The molecular weight excluding hydrogens is 265 g/mol. The lowest BCUT2D eigenvalue weighted by molar-refractivity contribution is 0.0619. The Hall–Kier alpha value is -2.16. The molecule has 1 unspecified atom stereocenters. The van der Waals surface area contributed by atoms with E-state index in [1.54, 1.807) is 11.0 Å². The molecule has 2 nitrogen and oxygen atoms in total. The maximum Gasteiger partial charge on any atom is 0.254 e. The largest absolute Gasteiger partial charge is 0.332 e. The third kappa shape index (κ3) is 2.04. The molecule has 1 aliphatic rings. The van der Waals surface area contributed by atoms with Crippen LogP contribution in [0.1, 0.15) is 34.8 Å². The van der Waals surface area contributed by atoms with E-state index < -0.39 is 5.54 Å². The number of amides is 1. The molecule has 1 amide bonds. The van der Waals surface area contributed by atoms with E-state index in [0.717, 1.165) is 17.5 Å². The van der Waals surface area contributed by atoms with Gasteiger partial charge >= 0.3 is 0 Å². The van der Waals surface area contributed by atoms with Gasteiger partial charge in [0.05, 0.1) is 5.54 Å². The molecule has 1 heterocycles. The molecule has 108 valence electrons. The number of benzene rings is 2. The van der Waals surface area contributed by atoms with Crippen molar-refractivity contribution < 1.29 is 9.18 Å². The molecule has 21 heavy (non-hydrogen) atoms. The third-order valence-electron chi connectivity index (χ3n) is 4.58. The summed E-state index contributed by atoms with van der Waals surface area (Å²) in [7, 11) is 1.81. The second-order valence-electron chi connectivity index (χ2n) is 5.60. The summed E-state index contributed by atoms with van der Waals surface area (Å²) in [4.78, 5) is 14.2. The van der Waals surface area contributed by atoms with Crippen LogP contribution in [0.15, 0.2) is 48.5 Å². The molecule has 3 heteroatoms. The van der Waals surface area contributed by atoms with Gasteiger partial charge in [0.2, 0.25) is 0 Å². The van der Waals surface area contributed by atoms with Gasteiger partial charge in [0.1, 0.15) is 5.82 Å². The maximum atomic E-state index is 13.7. The van der Waals surface area contributed by atoms with Crippen molar-refractivity contribution >= 4 is 5.91 Å². The molecule has 2 aromatic rings. The lowest BCUT2D eigenvalue weighted by Gasteiger charge is -2.36. The van der Waals surface area contributed by atoms with Gasteiger partial charge in [-0.2, -0.15) is 0 Å². The first-order valence-electron chi connectivity index (χ1n) is 7.20. The van der Waals surface area contributed by atoms with Crippen molar-refractivity contribution in [3.63, 3.8) is 0 Å². The zero-order valence-electron chi connectivity index (χ0n) is 12.3. The topological polar surface area (TPSA) is 20.3 Å². The number of halogens is 1. The van der Waals surface area contributed by atoms with Gasteiger partial charge in [-0.1, -0.05) is 37.3 Å². The first kappa shape index (κ1) is 13.8. The van der Waals surface area contributed by atoms with Gasteiger partial charge in [0.25, 0.3) is 5.91 Å². The summed E-state index contributed by atoms with van der Waals surface area (Å²) in [6.07, 6.45) is 1.45. The summed E-state index contributed by atoms with van der Waals surface area (Å²) in [6.45, 7) is 2.05. The number of fused-ring (bicyclic) bond motifs is 1. The Morgan fingerprint density at radius 3 is 2.52 bits per heavy atom. The van der Waals surface area contributed by atoms with Crippen molar-refractivity contribution in [1.82, 2.24) is 4.90 Å². The van der Waals surface area contributed by atoms with E-state index in [0.29, 0.717) is 12.0 Å². The summed E-state index contributed by atoms with van der Waals surface area (Å²) in [5.74, 6) is -0.314. The lowest BCUT2D eigenvalue weighted by Crippen LogP contribution is -2.42. The molecular formula is C18H18FNO. The van der Waals surface area contributed by atoms with Crippen LogP contribution in [-0.4, -0.2) is 17.9 Å². The first-order valence-corrected chi connectivity index (χ1v) is 7.20. The Bertz CT molecular complexity index is 683. The van der Waals surface area contributed by atoms with Crippen LogP contribution in [0.5, 0.6) is 0 Å². The van der Waals surface area contributed by atoms with Crippen LogP contribution >= 0.6 is 0 Å². The summed E-state index contributed by atoms with van der Waals surface area (Å²) in [5.41, 5.74) is 2.12. The van der Waals surface area contributed by atoms with Gasteiger partial charge < -0.3 is 4.90 Å². The van der Waals surface area contributed by atoms with E-state index in [2.05, 4.69) is 0 Å². The van der Waals surface area contributed by atoms with Crippen molar-refractivity contribution in [2.24, 2.45) is 0 Å². The standard InChI is InChI=1S/C18H18FNO/c1-3-18(12-13-7-5-4-6-8-13)16-11-14(19)9-10-15(16)17(21)20(18)2/h4-11H,3,12H2,1-2H3. The molecule has 0 saturated heterocycles. The average Bonchev–Trinajstić information content (AvgIpc) is 2.70. The molecule has 3 rings (SSSR count). The van der Waals surface area contributed by atoms with Crippen LogP contribution in [0.2, 0.25) is 0 Å². The van der Waals surface area contributed by atoms with E-state index in [9.17, 15) is 9.18 Å². The fourth-order valence-electron chi connectivity index (χ4n) is 3.34. The smallest absolute Gasteiger partial charge is 0.254 e. The molecule has 1 aliphatic heterocycles. The Kier molecular flexibility index (Phi) is 3.28. The molecule has 1 atom stereocenters. The predicted molar refractivity (Wildman–Crippen MR) is 80.6 cm³/mol. The number of carbonyl (C=O) groups excluding carboxylic acids is 1. The first-order chi connectivity index (χ1) is 10.1. The van der Waals surface area contributed by atoms with Gasteiger partial charge in [-0.3, -0.25) is 4.79 Å². The van der Waals surface area contributed by atoms with Gasteiger partial charge in [-0.05, 0) is 42.2 Å². The second-order valence-corrected chi connectivity index (χ2v) is 5.60. The second kappa shape index (κ2) is 4.99. The van der Waals surface area contributed by atoms with E-state index in [1.165, 1.54) is 12.1 Å². The zero-order chi connectivity index (χ0) is 15.0. The molecule has 2 aromatic carbocycles. The predicted octanol–water partition coefficient (Wildman–Crippen LogP) is 3.76. The number of nitrogens with zero attached hydrogens (tertiary/aromatic N) is 1. The third-order valence-corrected chi connectivity index (χ3v) is 4.58. The van der Waals surface area contributed by atoms with E-state index in [-0.39, 0.29) is 11.7 Å². The van der Waals surface area contributed by atoms with Gasteiger partial charge in [-0.25, -0.2) is 4.39 Å². The van der Waals surface area contributed by atoms with Crippen LogP contribution < -0.4 is 0 Å². The minimum absolute atomic E-state index is 0.0252. The fraction of sp³-hybridized carbons (Fsp3) is 0.278. The molecule has 0 saturated carbocycles. The van der Waals surface area contributed by atoms with E-state index >= 15 is 0 Å². The van der Waals surface area contributed by atoms with Crippen LogP contribution in [0, 0.1) is 5.82 Å². The Labute approximate surface area is 124 Å². The average molecular weight is 283 g/mol. The molecule has 0 aliphatic carbocycles. The number of carbonyl (C=O) groups is 1. The highest BCUT2D eigenvalue weighted by atomic mass is 19.1. The van der Waals surface area contributed by atoms with Crippen molar-refractivity contribution in [3.8, 4) is 0 Å². The quantitative estimate of drug-likeness (QED) is 0.840. The van der Waals surface area contributed by atoms with E-state index in [4.69, 9.17) is 0 Å². The molecule has 0 spiro atoms. The van der Waals surface area contributed by atoms with Gasteiger partial charge in [-0.15, -0.1) is 0 Å². The minimum atomic E-state index is -0.462. The molecule has 0 bridgehead atoms. The number of rotatable bonds is 3. The van der Waals surface area contributed by atoms with Crippen LogP contribution in [-0.2, 0) is 12.0 Å². The Morgan fingerprint density at radius 1 is 1.14 bits per heavy atom. The Morgan fingerprint density at radius 2 is 1.86 bits per heavy atom. The van der Waals surface area contributed by atoms with Gasteiger partial charge in [0.15, 0.2) is 0 Å². The fourth-order valence-corrected chi connectivity index (χ4v) is 3.34. The Balaban J connectivity index is 2.14. The highest BCUT2D eigenvalue weighted by Gasteiger charge is 2.46. The number of likely N-dealkylation sites (N-methyl/N-ethyl adjacent to an activating group) is 1. The summed E-state index contributed by atoms with van der Waals surface area (Å²) >= 11 is 0. The monoisotopic (exact) mass is 283 g/mol. The highest BCUT2D eigenvalue weighted by Crippen LogP contribution is 2.43. The van der Waals surface area contributed by atoms with Crippen molar-refractivity contribution in [1.29, 1.82) is 0 Å².